The quantitative estimate of drug-likeness (QED) is 0.581. The van der Waals surface area contributed by atoms with Gasteiger partial charge in [-0.2, -0.15) is 0 Å². The van der Waals surface area contributed by atoms with Crippen LogP contribution in [0.25, 0.3) is 0 Å². The number of benzene rings is 2. The topological polar surface area (TPSA) is 83.8 Å². The summed E-state index contributed by atoms with van der Waals surface area (Å²) >= 11 is 0. The first-order valence-corrected chi connectivity index (χ1v) is 9.13. The molecular weight excluding hydrogens is 384 g/mol. The third-order valence-electron chi connectivity index (χ3n) is 4.87. The van der Waals surface area contributed by atoms with Gasteiger partial charge in [-0.1, -0.05) is 12.1 Å². The van der Waals surface area contributed by atoms with Crippen LogP contribution in [0.3, 0.4) is 0 Å². The van der Waals surface area contributed by atoms with Gasteiger partial charge in [-0.05, 0) is 31.0 Å². The van der Waals surface area contributed by atoms with Crippen LogP contribution in [0.1, 0.15) is 25.0 Å². The fourth-order valence-electron chi connectivity index (χ4n) is 3.62. The normalized spacial score (nSPS) is 14.5. The van der Waals surface area contributed by atoms with Crippen molar-refractivity contribution in [1.82, 2.24) is 0 Å². The number of fused-ring (bicyclic) bond motifs is 2. The van der Waals surface area contributed by atoms with E-state index in [4.69, 9.17) is 0 Å². The molecule has 4 rings (SSSR count). The molecule has 2 aliphatic rings. The Kier molecular flexibility index (Phi) is 5.58. The maximum Gasteiger partial charge on any atom is 0.272 e. The molecule has 2 aromatic carbocycles. The van der Waals surface area contributed by atoms with Crippen LogP contribution in [-0.4, -0.2) is 29.8 Å². The number of halogens is 2. The molecule has 0 fully saturated rings. The van der Waals surface area contributed by atoms with E-state index in [0.29, 0.717) is 30.8 Å². The first-order valence-electron chi connectivity index (χ1n) is 9.13. The maximum absolute atomic E-state index is 13.6. The highest BCUT2D eigenvalue weighted by Crippen LogP contribution is 2.34. The van der Waals surface area contributed by atoms with Crippen LogP contribution in [0.5, 0.6) is 0 Å². The smallest absolute Gasteiger partial charge is 0.272 e. The number of anilines is 2. The molecule has 0 saturated carbocycles. The molecule has 2 aromatic rings. The molecule has 0 atom stereocenters. The van der Waals surface area contributed by atoms with Crippen molar-refractivity contribution in [2.45, 2.75) is 26.7 Å². The number of rotatable bonds is 3. The zero-order valence-electron chi connectivity index (χ0n) is 15.9. The summed E-state index contributed by atoms with van der Waals surface area (Å²) in [4.78, 5) is 35.5. The van der Waals surface area contributed by atoms with Crippen LogP contribution in [0, 0.1) is 21.7 Å². The van der Waals surface area contributed by atoms with Crippen molar-refractivity contribution < 1.29 is 23.3 Å². The average Bonchev–Trinajstić information content (AvgIpc) is 3.18. The third-order valence-corrected chi connectivity index (χ3v) is 4.87. The van der Waals surface area contributed by atoms with Gasteiger partial charge in [0.05, 0.1) is 35.2 Å². The van der Waals surface area contributed by atoms with Crippen molar-refractivity contribution in [3.63, 3.8) is 0 Å². The fraction of sp³-hybridized carbons (Fsp3) is 0.300. The molecule has 7 nitrogen and oxygen atoms in total. The average molecular weight is 403 g/mol. The van der Waals surface area contributed by atoms with Gasteiger partial charge in [0.15, 0.2) is 5.82 Å². The standard InChI is InChI=1S/C10H9FN2O3.C10H10FNO/c1-2-12-9(14)4-6-3-7(13(15)16)5-8(11)10(6)12;1-2-12-9(13)6-7-4-3-5-8(11)10(7)12/h3,5H,2,4H2,1H3;3-5H,2,6H2,1H3. The SMILES string of the molecule is CCN1C(=O)Cc2cc([N+](=O)[O-])cc(F)c21.CCN1C(=O)Cc2cccc(F)c21. The minimum absolute atomic E-state index is 0.0115. The van der Waals surface area contributed by atoms with Gasteiger partial charge in [0, 0.05) is 19.2 Å². The molecule has 0 saturated heterocycles. The van der Waals surface area contributed by atoms with Crippen molar-refractivity contribution in [1.29, 1.82) is 0 Å². The molecule has 2 amide bonds. The summed E-state index contributed by atoms with van der Waals surface area (Å²) in [6.45, 7) is 4.47. The Morgan fingerprint density at radius 3 is 2.03 bits per heavy atom. The van der Waals surface area contributed by atoms with Crippen molar-refractivity contribution in [2.75, 3.05) is 22.9 Å². The molecule has 0 radical (unpaired) electrons. The number of hydrogen-bond acceptors (Lipinski definition) is 4. The van der Waals surface area contributed by atoms with E-state index >= 15 is 0 Å². The summed E-state index contributed by atoms with van der Waals surface area (Å²) in [5, 5.41) is 10.5. The van der Waals surface area contributed by atoms with Crippen LogP contribution in [0.15, 0.2) is 30.3 Å². The lowest BCUT2D eigenvalue weighted by atomic mass is 10.1. The largest absolute Gasteiger partial charge is 0.309 e. The fourth-order valence-corrected chi connectivity index (χ4v) is 3.62. The number of non-ortho nitro benzene ring substituents is 1. The van der Waals surface area contributed by atoms with E-state index in [2.05, 4.69) is 0 Å². The van der Waals surface area contributed by atoms with Crippen molar-refractivity contribution in [2.24, 2.45) is 0 Å². The van der Waals surface area contributed by atoms with E-state index in [-0.39, 0.29) is 35.4 Å². The molecule has 2 heterocycles. The summed E-state index contributed by atoms with van der Waals surface area (Å²) in [5.74, 6) is -1.25. The van der Waals surface area contributed by atoms with Gasteiger partial charge in [0.25, 0.3) is 5.69 Å². The number of carbonyl (C=O) groups excluding carboxylic acids is 2. The van der Waals surface area contributed by atoms with E-state index in [1.165, 1.54) is 21.9 Å². The van der Waals surface area contributed by atoms with E-state index < -0.39 is 10.7 Å². The zero-order valence-corrected chi connectivity index (χ0v) is 15.9. The molecule has 0 N–H and O–H groups in total. The molecule has 9 heteroatoms. The second kappa shape index (κ2) is 7.94. The molecular formula is C20H19F2N3O4. The third kappa shape index (κ3) is 3.67. The van der Waals surface area contributed by atoms with Gasteiger partial charge in [-0.3, -0.25) is 19.7 Å². The highest BCUT2D eigenvalue weighted by atomic mass is 19.1. The Balaban J connectivity index is 0.000000169. The van der Waals surface area contributed by atoms with E-state index in [1.54, 1.807) is 19.1 Å². The minimum Gasteiger partial charge on any atom is -0.309 e. The zero-order chi connectivity index (χ0) is 21.3. The summed E-state index contributed by atoms with van der Waals surface area (Å²) in [7, 11) is 0. The Bertz CT molecular complexity index is 1010. The van der Waals surface area contributed by atoms with Crippen LogP contribution in [-0.2, 0) is 22.4 Å². The number of nitro groups is 1. The van der Waals surface area contributed by atoms with Crippen LogP contribution < -0.4 is 9.80 Å². The van der Waals surface area contributed by atoms with Crippen LogP contribution in [0.2, 0.25) is 0 Å². The number of para-hydroxylation sites is 1. The first kappa shape index (κ1) is 20.4. The number of nitrogens with zero attached hydrogens (tertiary/aromatic N) is 3. The molecule has 0 unspecified atom stereocenters. The summed E-state index contributed by atoms with van der Waals surface area (Å²) < 4.78 is 26.9. The number of amides is 2. The van der Waals surface area contributed by atoms with Crippen LogP contribution >= 0.6 is 0 Å². The van der Waals surface area contributed by atoms with Gasteiger partial charge in [-0.15, -0.1) is 0 Å². The van der Waals surface area contributed by atoms with Gasteiger partial charge < -0.3 is 9.80 Å². The van der Waals surface area contributed by atoms with E-state index in [1.807, 2.05) is 6.92 Å². The van der Waals surface area contributed by atoms with E-state index in [9.17, 15) is 28.5 Å². The Morgan fingerprint density at radius 2 is 1.48 bits per heavy atom. The minimum atomic E-state index is -0.711. The molecule has 0 bridgehead atoms. The number of carbonyl (C=O) groups is 2. The van der Waals surface area contributed by atoms with Crippen molar-refractivity contribution in [3.05, 3.63) is 63.2 Å². The maximum atomic E-state index is 13.6. The molecule has 29 heavy (non-hydrogen) atoms. The highest BCUT2D eigenvalue weighted by Gasteiger charge is 2.31. The van der Waals surface area contributed by atoms with Gasteiger partial charge in [-0.25, -0.2) is 8.78 Å². The van der Waals surface area contributed by atoms with Crippen LogP contribution in [0.4, 0.5) is 25.8 Å². The first-order chi connectivity index (χ1) is 13.8. The molecule has 152 valence electrons. The number of hydrogen-bond donors (Lipinski definition) is 0. The highest BCUT2D eigenvalue weighted by molar-refractivity contribution is 6.02. The Hall–Kier alpha value is -3.36. The predicted molar refractivity (Wildman–Crippen MR) is 103 cm³/mol. The number of likely N-dealkylation sites (N-methyl/N-ethyl adjacent to an activating group) is 2. The summed E-state index contributed by atoms with van der Waals surface area (Å²) in [5.41, 5.74) is 1.51. The summed E-state index contributed by atoms with van der Waals surface area (Å²) in [6, 6.07) is 6.93. The van der Waals surface area contributed by atoms with Gasteiger partial charge in [0.2, 0.25) is 11.8 Å². The second-order valence-corrected chi connectivity index (χ2v) is 6.57. The predicted octanol–water partition coefficient (Wildman–Crippen LogP) is 3.38. The summed E-state index contributed by atoms with van der Waals surface area (Å²) in [6.07, 6.45) is 0.364. The lowest BCUT2D eigenvalue weighted by Gasteiger charge is -2.14. The van der Waals surface area contributed by atoms with Crippen molar-refractivity contribution >= 4 is 28.9 Å². The monoisotopic (exact) mass is 403 g/mol. The van der Waals surface area contributed by atoms with Gasteiger partial charge in [0.1, 0.15) is 5.82 Å². The Labute approximate surface area is 165 Å². The lowest BCUT2D eigenvalue weighted by molar-refractivity contribution is -0.385. The molecule has 0 spiro atoms. The second-order valence-electron chi connectivity index (χ2n) is 6.57. The van der Waals surface area contributed by atoms with Crippen molar-refractivity contribution in [3.8, 4) is 0 Å². The number of nitro benzene ring substituents is 1. The van der Waals surface area contributed by atoms with E-state index in [0.717, 1.165) is 11.6 Å². The lowest BCUT2D eigenvalue weighted by Crippen LogP contribution is -2.26. The molecule has 0 aliphatic carbocycles. The molecule has 2 aliphatic heterocycles. The van der Waals surface area contributed by atoms with Gasteiger partial charge >= 0.3 is 0 Å². The Morgan fingerprint density at radius 1 is 0.931 bits per heavy atom. The molecule has 0 aromatic heterocycles.